The van der Waals surface area contributed by atoms with Crippen molar-refractivity contribution < 1.29 is 24.2 Å². The Hall–Kier alpha value is -2.61. The molecule has 2 fully saturated rings. The highest BCUT2D eigenvalue weighted by Gasteiger charge is 2.51. The number of amides is 1. The molecule has 1 amide bonds. The monoisotopic (exact) mass is 484 g/mol. The van der Waals surface area contributed by atoms with Gasteiger partial charge < -0.3 is 19.9 Å². The third-order valence-electron chi connectivity index (χ3n) is 7.30. The SMILES string of the molecule is CC1(C)Oc2ccc(Cl)cc2[C@@H]2O[C@@H]3CCN(CC(=O)Nc4cccc(C(=O)O)c4)C[C@H]3C[C@H]21. The molecular weight excluding hydrogens is 456 g/mol. The predicted octanol–water partition coefficient (Wildman–Crippen LogP) is 4.62. The van der Waals surface area contributed by atoms with Crippen LogP contribution in [0.15, 0.2) is 42.5 Å². The van der Waals surface area contributed by atoms with Gasteiger partial charge in [0, 0.05) is 35.3 Å². The first-order valence-corrected chi connectivity index (χ1v) is 12.1. The molecule has 0 aliphatic carbocycles. The zero-order valence-corrected chi connectivity index (χ0v) is 20.0. The quantitative estimate of drug-likeness (QED) is 0.658. The number of carboxylic acid groups (broad SMARTS) is 1. The molecule has 4 atom stereocenters. The number of carboxylic acids is 1. The van der Waals surface area contributed by atoms with E-state index in [0.29, 0.717) is 16.6 Å². The average molecular weight is 485 g/mol. The van der Waals surface area contributed by atoms with Crippen molar-refractivity contribution in [3.05, 3.63) is 58.6 Å². The summed E-state index contributed by atoms with van der Waals surface area (Å²) in [4.78, 5) is 26.0. The van der Waals surface area contributed by atoms with Gasteiger partial charge in [-0.3, -0.25) is 9.69 Å². The first-order valence-electron chi connectivity index (χ1n) is 11.7. The van der Waals surface area contributed by atoms with Crippen molar-refractivity contribution >= 4 is 29.2 Å². The number of aromatic carboxylic acids is 1. The van der Waals surface area contributed by atoms with Crippen LogP contribution in [0, 0.1) is 11.8 Å². The number of rotatable bonds is 4. The lowest BCUT2D eigenvalue weighted by Gasteiger charge is -2.53. The van der Waals surface area contributed by atoms with Gasteiger partial charge in [-0.25, -0.2) is 4.79 Å². The lowest BCUT2D eigenvalue weighted by Crippen LogP contribution is -2.55. The van der Waals surface area contributed by atoms with Crippen LogP contribution < -0.4 is 10.1 Å². The van der Waals surface area contributed by atoms with E-state index in [0.717, 1.165) is 37.2 Å². The summed E-state index contributed by atoms with van der Waals surface area (Å²) in [5.41, 5.74) is 1.29. The number of ether oxygens (including phenoxy) is 2. The van der Waals surface area contributed by atoms with Crippen LogP contribution in [0.5, 0.6) is 5.75 Å². The number of halogens is 1. The number of carbonyl (C=O) groups is 2. The molecule has 0 unspecified atom stereocenters. The van der Waals surface area contributed by atoms with Crippen molar-refractivity contribution in [3.8, 4) is 5.75 Å². The number of nitrogens with zero attached hydrogens (tertiary/aromatic N) is 1. The van der Waals surface area contributed by atoms with Crippen LogP contribution in [0.25, 0.3) is 0 Å². The van der Waals surface area contributed by atoms with Crippen LogP contribution in [0.1, 0.15) is 48.7 Å². The number of carbonyl (C=O) groups excluding carboxylic acids is 1. The molecule has 0 bridgehead atoms. The van der Waals surface area contributed by atoms with Gasteiger partial charge in [-0.05, 0) is 69.0 Å². The second-order valence-corrected chi connectivity index (χ2v) is 10.5. The largest absolute Gasteiger partial charge is 0.487 e. The Balaban J connectivity index is 1.25. The minimum absolute atomic E-state index is 0.0462. The van der Waals surface area contributed by atoms with E-state index in [-0.39, 0.29) is 41.7 Å². The van der Waals surface area contributed by atoms with Gasteiger partial charge in [0.1, 0.15) is 11.4 Å². The highest BCUT2D eigenvalue weighted by atomic mass is 35.5. The maximum Gasteiger partial charge on any atom is 0.335 e. The standard InChI is InChI=1S/C26H29ClN2O5/c1-26(2)20-11-16-13-29(14-23(30)28-18-5-3-4-15(10-18)25(31)32)9-8-21(16)33-24(20)19-12-17(27)6-7-22(19)34-26/h3-7,10,12,16,20-21,24H,8-9,11,13-14H2,1-2H3,(H,28,30)(H,31,32)/t16-,20-,21-,24+/m1/s1. The molecule has 3 aliphatic heterocycles. The molecule has 2 aromatic carbocycles. The van der Waals surface area contributed by atoms with Crippen LogP contribution in [0.4, 0.5) is 5.69 Å². The Morgan fingerprint density at radius 1 is 1.24 bits per heavy atom. The van der Waals surface area contributed by atoms with E-state index in [1.165, 1.54) is 12.1 Å². The summed E-state index contributed by atoms with van der Waals surface area (Å²) in [6, 6.07) is 12.0. The molecule has 7 nitrogen and oxygen atoms in total. The molecule has 2 saturated heterocycles. The van der Waals surface area contributed by atoms with Crippen molar-refractivity contribution in [3.63, 3.8) is 0 Å². The Bertz CT molecular complexity index is 1120. The van der Waals surface area contributed by atoms with Gasteiger partial charge in [0.2, 0.25) is 5.91 Å². The maximum absolute atomic E-state index is 12.7. The second kappa shape index (κ2) is 8.87. The first-order chi connectivity index (χ1) is 16.2. The van der Waals surface area contributed by atoms with Gasteiger partial charge in [0.05, 0.1) is 24.3 Å². The fourth-order valence-electron chi connectivity index (χ4n) is 5.63. The van der Waals surface area contributed by atoms with E-state index in [1.54, 1.807) is 12.1 Å². The van der Waals surface area contributed by atoms with Crippen molar-refractivity contribution in [2.24, 2.45) is 11.8 Å². The van der Waals surface area contributed by atoms with Crippen LogP contribution in [0.3, 0.4) is 0 Å². The van der Waals surface area contributed by atoms with Gasteiger partial charge in [-0.2, -0.15) is 0 Å². The molecule has 3 aliphatic rings. The summed E-state index contributed by atoms with van der Waals surface area (Å²) >= 11 is 6.28. The third kappa shape index (κ3) is 4.52. The second-order valence-electron chi connectivity index (χ2n) is 10.0. The number of benzene rings is 2. The number of piperidine rings is 1. The number of hydrogen-bond acceptors (Lipinski definition) is 5. The van der Waals surface area contributed by atoms with Crippen LogP contribution >= 0.6 is 11.6 Å². The van der Waals surface area contributed by atoms with Gasteiger partial charge in [-0.15, -0.1) is 0 Å². The fourth-order valence-corrected chi connectivity index (χ4v) is 5.81. The van der Waals surface area contributed by atoms with E-state index in [2.05, 4.69) is 24.1 Å². The smallest absolute Gasteiger partial charge is 0.335 e. The Morgan fingerprint density at radius 3 is 2.85 bits per heavy atom. The molecule has 180 valence electrons. The summed E-state index contributed by atoms with van der Waals surface area (Å²) in [6.45, 7) is 6.03. The molecule has 5 rings (SSSR count). The summed E-state index contributed by atoms with van der Waals surface area (Å²) in [7, 11) is 0. The molecule has 2 N–H and O–H groups in total. The van der Waals surface area contributed by atoms with E-state index in [1.807, 2.05) is 18.2 Å². The highest BCUT2D eigenvalue weighted by Crippen LogP contribution is 2.53. The lowest BCUT2D eigenvalue weighted by molar-refractivity contribution is -0.187. The number of fused-ring (bicyclic) bond motifs is 4. The normalized spacial score (nSPS) is 27.5. The predicted molar refractivity (Wildman–Crippen MR) is 128 cm³/mol. The fraction of sp³-hybridized carbons (Fsp3) is 0.462. The van der Waals surface area contributed by atoms with Crippen molar-refractivity contribution in [2.75, 3.05) is 25.0 Å². The van der Waals surface area contributed by atoms with Crippen LogP contribution in [-0.2, 0) is 9.53 Å². The van der Waals surface area contributed by atoms with E-state index in [4.69, 9.17) is 26.2 Å². The van der Waals surface area contributed by atoms with Gasteiger partial charge in [0.15, 0.2) is 0 Å². The zero-order chi connectivity index (χ0) is 24.0. The molecule has 0 saturated carbocycles. The molecule has 3 heterocycles. The van der Waals surface area contributed by atoms with Crippen molar-refractivity contribution in [2.45, 2.75) is 44.5 Å². The molecule has 0 aromatic heterocycles. The Morgan fingerprint density at radius 2 is 2.06 bits per heavy atom. The molecule has 0 radical (unpaired) electrons. The van der Waals surface area contributed by atoms with Gasteiger partial charge in [-0.1, -0.05) is 17.7 Å². The van der Waals surface area contributed by atoms with E-state index in [9.17, 15) is 9.59 Å². The summed E-state index contributed by atoms with van der Waals surface area (Å²) in [6.07, 6.45) is 1.89. The number of nitrogens with one attached hydrogen (secondary N) is 1. The van der Waals surface area contributed by atoms with Gasteiger partial charge in [0.25, 0.3) is 0 Å². The average Bonchev–Trinajstić information content (AvgIpc) is 2.78. The minimum atomic E-state index is -1.02. The maximum atomic E-state index is 12.7. The molecular formula is C26H29ClN2O5. The summed E-state index contributed by atoms with van der Waals surface area (Å²) < 4.78 is 13.0. The first kappa shape index (κ1) is 23.1. The van der Waals surface area contributed by atoms with E-state index < -0.39 is 5.97 Å². The van der Waals surface area contributed by atoms with Gasteiger partial charge >= 0.3 is 5.97 Å². The van der Waals surface area contributed by atoms with Crippen LogP contribution in [-0.4, -0.2) is 53.2 Å². The topological polar surface area (TPSA) is 88.1 Å². The number of likely N-dealkylation sites (tertiary alicyclic amines) is 1. The molecule has 34 heavy (non-hydrogen) atoms. The lowest BCUT2D eigenvalue weighted by atomic mass is 9.70. The Labute approximate surface area is 204 Å². The summed E-state index contributed by atoms with van der Waals surface area (Å²) in [5.74, 6) is 0.165. The molecule has 0 spiro atoms. The number of hydrogen-bond donors (Lipinski definition) is 2. The highest BCUT2D eigenvalue weighted by molar-refractivity contribution is 6.30. The molecule has 8 heteroatoms. The minimum Gasteiger partial charge on any atom is -0.487 e. The summed E-state index contributed by atoms with van der Waals surface area (Å²) in [5, 5.41) is 12.7. The van der Waals surface area contributed by atoms with Crippen molar-refractivity contribution in [1.82, 2.24) is 4.90 Å². The van der Waals surface area contributed by atoms with Crippen LogP contribution in [0.2, 0.25) is 5.02 Å². The van der Waals surface area contributed by atoms with E-state index >= 15 is 0 Å². The number of anilines is 1. The van der Waals surface area contributed by atoms with Crippen molar-refractivity contribution in [1.29, 1.82) is 0 Å². The Kier molecular flexibility index (Phi) is 6.04. The molecule has 2 aromatic rings. The third-order valence-corrected chi connectivity index (χ3v) is 7.53. The zero-order valence-electron chi connectivity index (χ0n) is 19.3.